The lowest BCUT2D eigenvalue weighted by Crippen LogP contribution is -2.45. The van der Waals surface area contributed by atoms with Crippen molar-refractivity contribution in [3.8, 4) is 0 Å². The fourth-order valence-corrected chi connectivity index (χ4v) is 5.63. The van der Waals surface area contributed by atoms with Gasteiger partial charge in [-0.25, -0.2) is 9.78 Å². The summed E-state index contributed by atoms with van der Waals surface area (Å²) < 4.78 is 20.2. The number of carbonyl (C=O) groups excluding carboxylic acids is 1. The summed E-state index contributed by atoms with van der Waals surface area (Å²) in [5.74, 6) is 0.982. The van der Waals surface area contributed by atoms with Gasteiger partial charge in [-0.3, -0.25) is 0 Å². The van der Waals surface area contributed by atoms with E-state index >= 15 is 0 Å². The molecule has 1 aromatic heterocycles. The number of carbonyl (C=O) groups is 1. The summed E-state index contributed by atoms with van der Waals surface area (Å²) in [6, 6.07) is -0.184. The van der Waals surface area contributed by atoms with E-state index < -0.39 is 0 Å². The summed E-state index contributed by atoms with van der Waals surface area (Å²) in [4.78, 5) is 17.5. The zero-order valence-electron chi connectivity index (χ0n) is 22.0. The number of epoxide rings is 2. The molecular weight excluding hydrogens is 430 g/mol. The van der Waals surface area contributed by atoms with Gasteiger partial charge in [0.15, 0.2) is 0 Å². The van der Waals surface area contributed by atoms with E-state index in [2.05, 4.69) is 69.4 Å². The maximum absolute atomic E-state index is 12.9. The van der Waals surface area contributed by atoms with E-state index in [9.17, 15) is 4.79 Å². The number of hydrogen-bond acceptors (Lipinski definition) is 5. The van der Waals surface area contributed by atoms with Gasteiger partial charge in [-0.15, -0.1) is 0 Å². The fraction of sp³-hybridized carbons (Fsp3) is 0.778. The number of imidazole rings is 1. The highest BCUT2D eigenvalue weighted by molar-refractivity contribution is 5.68. The van der Waals surface area contributed by atoms with Crippen LogP contribution in [0.5, 0.6) is 0 Å². The highest BCUT2D eigenvalue weighted by Gasteiger charge is 2.68. The average molecular weight is 474 g/mol. The van der Waals surface area contributed by atoms with E-state index in [0.717, 1.165) is 44.5 Å². The van der Waals surface area contributed by atoms with Gasteiger partial charge >= 0.3 is 6.09 Å². The topological polar surface area (TPSA) is 81.2 Å². The number of hydrogen-bond donors (Lipinski definition) is 1. The van der Waals surface area contributed by atoms with Crippen LogP contribution in [0.25, 0.3) is 0 Å². The van der Waals surface area contributed by atoms with Crippen LogP contribution in [0.4, 0.5) is 4.79 Å². The molecule has 0 aromatic carbocycles. The van der Waals surface area contributed by atoms with E-state index in [4.69, 9.17) is 14.2 Å². The van der Waals surface area contributed by atoms with Crippen LogP contribution in [0.2, 0.25) is 0 Å². The lowest BCUT2D eigenvalue weighted by molar-refractivity contribution is 0.000842. The summed E-state index contributed by atoms with van der Waals surface area (Å²) in [5.41, 5.74) is 1.89. The van der Waals surface area contributed by atoms with Gasteiger partial charge in [0.25, 0.3) is 0 Å². The van der Waals surface area contributed by atoms with Gasteiger partial charge in [0.05, 0.1) is 42.0 Å². The summed E-state index contributed by atoms with van der Waals surface area (Å²) in [6.45, 7) is 16.7. The third-order valence-electron chi connectivity index (χ3n) is 7.71. The summed E-state index contributed by atoms with van der Waals surface area (Å²) in [7, 11) is 0. The molecule has 190 valence electrons. The summed E-state index contributed by atoms with van der Waals surface area (Å²) >= 11 is 0. The van der Waals surface area contributed by atoms with Crippen LogP contribution in [0.3, 0.4) is 0 Å². The number of ether oxygens (including phenoxy) is 3. The van der Waals surface area contributed by atoms with Crippen molar-refractivity contribution in [2.24, 2.45) is 17.8 Å². The van der Waals surface area contributed by atoms with Gasteiger partial charge in [-0.2, -0.15) is 0 Å². The predicted molar refractivity (Wildman–Crippen MR) is 131 cm³/mol. The van der Waals surface area contributed by atoms with Crippen molar-refractivity contribution >= 4 is 6.09 Å². The van der Waals surface area contributed by atoms with Gasteiger partial charge in [-0.1, -0.05) is 39.3 Å². The SMILES string of the molecule is CC(C)=CC[C@H]1O[C@]1(C)C1CC(OC(=O)N[C@H](c2cn(CC(C)C)cn2)C(C)C)CCC12CO2. The van der Waals surface area contributed by atoms with Crippen LogP contribution in [0.1, 0.15) is 85.9 Å². The maximum atomic E-state index is 12.9. The molecule has 1 amide bonds. The molecule has 7 nitrogen and oxygen atoms in total. The molecule has 0 bridgehead atoms. The first kappa shape index (κ1) is 25.2. The minimum Gasteiger partial charge on any atom is -0.446 e. The predicted octanol–water partition coefficient (Wildman–Crippen LogP) is 5.41. The van der Waals surface area contributed by atoms with E-state index in [0.29, 0.717) is 5.92 Å². The highest BCUT2D eigenvalue weighted by Crippen LogP contribution is 2.59. The Labute approximate surface area is 204 Å². The zero-order valence-corrected chi connectivity index (χ0v) is 22.0. The third kappa shape index (κ3) is 5.51. The molecule has 1 N–H and O–H groups in total. The zero-order chi connectivity index (χ0) is 24.7. The molecule has 2 saturated heterocycles. The van der Waals surface area contributed by atoms with E-state index in [-0.39, 0.29) is 47.4 Å². The quantitative estimate of drug-likeness (QED) is 0.383. The van der Waals surface area contributed by atoms with Crippen LogP contribution >= 0.6 is 0 Å². The molecule has 4 rings (SSSR count). The van der Waals surface area contributed by atoms with Crippen molar-refractivity contribution in [2.75, 3.05) is 6.61 Å². The first-order chi connectivity index (χ1) is 16.0. The second-order valence-corrected chi connectivity index (χ2v) is 11.8. The van der Waals surface area contributed by atoms with Gasteiger partial charge in [0.2, 0.25) is 0 Å². The molecule has 3 aliphatic rings. The first-order valence-corrected chi connectivity index (χ1v) is 13.0. The molecule has 3 heterocycles. The lowest BCUT2D eigenvalue weighted by Gasteiger charge is -2.36. The van der Waals surface area contributed by atoms with Crippen molar-refractivity contribution in [1.82, 2.24) is 14.9 Å². The van der Waals surface area contributed by atoms with Gasteiger partial charge in [-0.05, 0) is 58.3 Å². The Hall–Kier alpha value is -1.86. The van der Waals surface area contributed by atoms with Crippen LogP contribution in [0, 0.1) is 17.8 Å². The number of amides is 1. The summed E-state index contributed by atoms with van der Waals surface area (Å²) in [5, 5.41) is 3.09. The molecule has 6 atom stereocenters. The van der Waals surface area contributed by atoms with Crippen molar-refractivity contribution in [3.63, 3.8) is 0 Å². The summed E-state index contributed by atoms with van der Waals surface area (Å²) in [6.07, 6.45) is 9.30. The molecule has 3 unspecified atom stereocenters. The Morgan fingerprint density at radius 3 is 2.71 bits per heavy atom. The number of allylic oxidation sites excluding steroid dienone is 1. The number of alkyl carbamates (subject to hydrolysis) is 1. The van der Waals surface area contributed by atoms with Gasteiger partial charge in [0, 0.05) is 18.7 Å². The second-order valence-electron chi connectivity index (χ2n) is 11.8. The monoisotopic (exact) mass is 473 g/mol. The molecule has 7 heteroatoms. The molecule has 1 saturated carbocycles. The Morgan fingerprint density at radius 1 is 1.35 bits per heavy atom. The van der Waals surface area contributed by atoms with Crippen LogP contribution in [-0.4, -0.2) is 45.7 Å². The Bertz CT molecular complexity index is 899. The minimum atomic E-state index is -0.364. The number of nitrogens with zero attached hydrogens (tertiary/aromatic N) is 2. The molecule has 1 aliphatic carbocycles. The van der Waals surface area contributed by atoms with E-state index in [1.807, 2.05) is 12.5 Å². The number of aromatic nitrogens is 2. The van der Waals surface area contributed by atoms with Crippen molar-refractivity contribution in [3.05, 3.63) is 29.9 Å². The highest BCUT2D eigenvalue weighted by atomic mass is 16.6. The smallest absolute Gasteiger partial charge is 0.407 e. The fourth-order valence-electron chi connectivity index (χ4n) is 5.63. The second kappa shape index (κ2) is 9.65. The molecule has 3 fully saturated rings. The maximum Gasteiger partial charge on any atom is 0.407 e. The number of nitrogens with one attached hydrogen (secondary N) is 1. The normalized spacial score (nSPS) is 33.1. The van der Waals surface area contributed by atoms with Crippen LogP contribution in [-0.2, 0) is 20.8 Å². The van der Waals surface area contributed by atoms with E-state index in [1.54, 1.807) is 0 Å². The molecule has 0 radical (unpaired) electrons. The average Bonchev–Trinajstić information content (AvgIpc) is 3.61. The van der Waals surface area contributed by atoms with Crippen LogP contribution in [0.15, 0.2) is 24.2 Å². The van der Waals surface area contributed by atoms with Crippen LogP contribution < -0.4 is 5.32 Å². The van der Waals surface area contributed by atoms with Crippen molar-refractivity contribution < 1.29 is 19.0 Å². The Balaban J connectivity index is 1.36. The standard InChI is InChI=1S/C27H43N3O4/c1-17(2)8-9-23-26(7,34-23)22-12-20(10-11-27(22)15-32-27)33-25(31)29-24(19(5)6)21-14-30(16-28-21)13-18(3)4/h8,14,16,18-20,22-24H,9-13,15H2,1-7H3,(H,29,31)/t20?,22?,23-,24+,26-,27?/m1/s1. The minimum absolute atomic E-state index is 0.0888. The largest absolute Gasteiger partial charge is 0.446 e. The molecule has 1 aromatic rings. The van der Waals surface area contributed by atoms with Gasteiger partial charge < -0.3 is 24.1 Å². The van der Waals surface area contributed by atoms with Gasteiger partial charge in [0.1, 0.15) is 6.10 Å². The molecular formula is C27H43N3O4. The lowest BCUT2D eigenvalue weighted by atomic mass is 9.70. The van der Waals surface area contributed by atoms with Crippen molar-refractivity contribution in [2.45, 2.75) is 110 Å². The Morgan fingerprint density at radius 2 is 2.09 bits per heavy atom. The first-order valence-electron chi connectivity index (χ1n) is 13.0. The molecule has 1 spiro atoms. The molecule has 2 aliphatic heterocycles. The molecule has 34 heavy (non-hydrogen) atoms. The van der Waals surface area contributed by atoms with E-state index in [1.165, 1.54) is 5.57 Å². The third-order valence-corrected chi connectivity index (χ3v) is 7.71. The number of rotatable bonds is 9. The van der Waals surface area contributed by atoms with Crippen molar-refractivity contribution in [1.29, 1.82) is 0 Å². The Kier molecular flexibility index (Phi) is 7.16.